The number of hydrogen-bond acceptors (Lipinski definition) is 14. The zero-order valence-corrected chi connectivity index (χ0v) is 38.7. The molecule has 14 nitrogen and oxygen atoms in total. The van der Waals surface area contributed by atoms with E-state index in [4.69, 9.17) is 48.0 Å². The van der Waals surface area contributed by atoms with Crippen molar-refractivity contribution in [2.45, 2.75) is 23.6 Å². The fraction of sp³-hybridized carbons (Fsp3) is 0.143. The molecule has 0 spiro atoms. The number of nitriles is 1. The van der Waals surface area contributed by atoms with E-state index >= 15 is 0 Å². The van der Waals surface area contributed by atoms with E-state index in [9.17, 15) is 0 Å². The molecule has 0 radical (unpaired) electrons. The molecular weight excluding hydrogens is 1030 g/mol. The maximum absolute atomic E-state index is 9.12. The molecule has 0 saturated carbocycles. The van der Waals surface area contributed by atoms with Crippen LogP contribution in [0.25, 0.3) is 44.3 Å². The molecule has 0 atom stereocenters. The summed E-state index contributed by atoms with van der Waals surface area (Å²) in [5.74, 6) is 0.0691. The first-order valence-corrected chi connectivity index (χ1v) is 23.5. The standard InChI is InChI=1S/C20H17N3O4S.C18H11N3O3S.C2H6O.2CH3I/c1-2-25-19(21)15-10-17-18(14-8-9-24-13-14)12-23(20(17)22-11-15)26-27-28-16-6-4-3-5-7-16;19-9-13-8-16-17(14-6-7-22-12-14)11-21(18(16)20-10-13)23-24-25-15-4-2-1-3-5-15;1-2-3;2*1-2/h3-13,21H,2H2,1H3;1-8,10-12H;3H,2H2,1H3;2*1H3. The van der Waals surface area contributed by atoms with Crippen LogP contribution in [0.2, 0.25) is 0 Å². The van der Waals surface area contributed by atoms with Gasteiger partial charge in [-0.1, -0.05) is 90.2 Å². The lowest BCUT2D eigenvalue weighted by Crippen LogP contribution is -2.09. The number of halogens is 2. The highest BCUT2D eigenvalue weighted by molar-refractivity contribution is 14.1. The van der Waals surface area contributed by atoms with Crippen molar-refractivity contribution in [3.63, 3.8) is 0 Å². The molecule has 6 aromatic heterocycles. The van der Waals surface area contributed by atoms with Crippen LogP contribution in [-0.2, 0) is 13.4 Å². The maximum atomic E-state index is 9.12. The van der Waals surface area contributed by atoms with Gasteiger partial charge in [0, 0.05) is 61.8 Å². The second-order valence-corrected chi connectivity index (χ2v) is 12.8. The van der Waals surface area contributed by atoms with Crippen LogP contribution in [0.3, 0.4) is 0 Å². The molecule has 8 aromatic rings. The first-order chi connectivity index (χ1) is 29.5. The number of alkyl halides is 2. The van der Waals surface area contributed by atoms with Crippen molar-refractivity contribution < 1.29 is 37.3 Å². The maximum Gasteiger partial charge on any atom is 0.214 e. The molecule has 60 heavy (non-hydrogen) atoms. The fourth-order valence-corrected chi connectivity index (χ4v) is 5.99. The molecule has 6 heterocycles. The zero-order chi connectivity index (χ0) is 43.1. The predicted octanol–water partition coefficient (Wildman–Crippen LogP) is 11.1. The third-order valence-corrected chi connectivity index (χ3v) is 8.72. The van der Waals surface area contributed by atoms with Crippen molar-refractivity contribution in [3.8, 4) is 28.3 Å². The minimum Gasteiger partial charge on any atom is -0.478 e. The lowest BCUT2D eigenvalue weighted by molar-refractivity contribution is -0.188. The first-order valence-electron chi connectivity index (χ1n) is 17.7. The molecule has 312 valence electrons. The number of pyridine rings is 2. The summed E-state index contributed by atoms with van der Waals surface area (Å²) in [6.45, 7) is 4.18. The van der Waals surface area contributed by atoms with Crippen LogP contribution in [0.15, 0.2) is 153 Å². The van der Waals surface area contributed by atoms with Crippen molar-refractivity contribution in [2.75, 3.05) is 23.1 Å². The zero-order valence-electron chi connectivity index (χ0n) is 32.7. The van der Waals surface area contributed by atoms with Crippen molar-refractivity contribution in [2.24, 2.45) is 0 Å². The number of ether oxygens (including phenoxy) is 1. The number of fused-ring (bicyclic) bond motifs is 2. The van der Waals surface area contributed by atoms with Gasteiger partial charge in [-0.3, -0.25) is 5.41 Å². The van der Waals surface area contributed by atoms with E-state index in [1.807, 2.05) is 95.6 Å². The molecule has 0 bridgehead atoms. The van der Waals surface area contributed by atoms with Crippen molar-refractivity contribution >= 4 is 97.2 Å². The van der Waals surface area contributed by atoms with E-state index in [1.54, 1.807) is 56.6 Å². The Morgan fingerprint density at radius 1 is 0.750 bits per heavy atom. The quantitative estimate of drug-likeness (QED) is 0.0225. The molecule has 0 amide bonds. The van der Waals surface area contributed by atoms with E-state index < -0.39 is 0 Å². The molecule has 0 aliphatic carbocycles. The Morgan fingerprint density at radius 3 is 1.65 bits per heavy atom. The van der Waals surface area contributed by atoms with E-state index in [1.165, 1.54) is 15.7 Å². The number of furan rings is 2. The van der Waals surface area contributed by atoms with Crippen molar-refractivity contribution in [3.05, 3.63) is 146 Å². The lowest BCUT2D eigenvalue weighted by atomic mass is 10.1. The molecule has 0 unspecified atom stereocenters. The van der Waals surface area contributed by atoms with Crippen LogP contribution < -0.4 is 9.98 Å². The van der Waals surface area contributed by atoms with Gasteiger partial charge in [-0.25, -0.2) is 19.9 Å². The summed E-state index contributed by atoms with van der Waals surface area (Å²) in [7, 11) is 0. The summed E-state index contributed by atoms with van der Waals surface area (Å²) in [6, 6.07) is 28.6. The Hall–Kier alpha value is -5.02. The number of nitrogens with zero attached hydrogens (tertiary/aromatic N) is 5. The topological polar surface area (TPSA) is 176 Å². The van der Waals surface area contributed by atoms with E-state index in [-0.39, 0.29) is 12.5 Å². The Morgan fingerprint density at radius 2 is 1.22 bits per heavy atom. The van der Waals surface area contributed by atoms with Crippen LogP contribution in [0, 0.1) is 16.7 Å². The van der Waals surface area contributed by atoms with Gasteiger partial charge < -0.3 is 18.7 Å². The molecule has 0 aliphatic heterocycles. The molecule has 0 aliphatic rings. The number of aliphatic hydroxyl groups excluding tert-OH is 1. The smallest absolute Gasteiger partial charge is 0.214 e. The molecular formula is C42H40I2N6O8S2. The van der Waals surface area contributed by atoms with Gasteiger partial charge >= 0.3 is 0 Å². The van der Waals surface area contributed by atoms with Crippen molar-refractivity contribution in [1.82, 2.24) is 19.4 Å². The van der Waals surface area contributed by atoms with Gasteiger partial charge in [0.15, 0.2) is 11.3 Å². The third kappa shape index (κ3) is 13.2. The van der Waals surface area contributed by atoms with Gasteiger partial charge in [0.1, 0.15) is 6.07 Å². The molecule has 2 aromatic carbocycles. The predicted molar refractivity (Wildman–Crippen MR) is 251 cm³/mol. The van der Waals surface area contributed by atoms with Crippen LogP contribution in [0.5, 0.6) is 0 Å². The summed E-state index contributed by atoms with van der Waals surface area (Å²) in [4.78, 5) is 25.3. The molecule has 0 saturated heterocycles. The number of aromatic nitrogens is 4. The summed E-state index contributed by atoms with van der Waals surface area (Å²) in [5.41, 5.74) is 5.55. The summed E-state index contributed by atoms with van der Waals surface area (Å²) < 4.78 is 29.1. The number of aliphatic hydroxyl groups is 1. The lowest BCUT2D eigenvalue weighted by Gasteiger charge is -2.06. The number of benzene rings is 2. The van der Waals surface area contributed by atoms with Gasteiger partial charge in [0.05, 0.1) is 79.3 Å². The Labute approximate surface area is 382 Å². The summed E-state index contributed by atoms with van der Waals surface area (Å²) in [5, 5.41) is 26.3. The van der Waals surface area contributed by atoms with Crippen LogP contribution in [-0.4, -0.2) is 53.5 Å². The van der Waals surface area contributed by atoms with Crippen LogP contribution >= 0.6 is 69.3 Å². The number of hydrogen-bond donors (Lipinski definition) is 2. The third-order valence-electron chi connectivity index (χ3n) is 7.54. The second kappa shape index (κ2) is 26.2. The Bertz CT molecular complexity index is 2500. The van der Waals surface area contributed by atoms with E-state index in [2.05, 4.69) is 61.2 Å². The Kier molecular flexibility index (Phi) is 20.8. The van der Waals surface area contributed by atoms with Crippen LogP contribution in [0.4, 0.5) is 0 Å². The highest BCUT2D eigenvalue weighted by Gasteiger charge is 2.17. The summed E-state index contributed by atoms with van der Waals surface area (Å²) in [6.07, 6.45) is 13.0. The van der Waals surface area contributed by atoms with Gasteiger partial charge in [0.2, 0.25) is 5.90 Å². The molecule has 0 fully saturated rings. The van der Waals surface area contributed by atoms with Gasteiger partial charge in [0.25, 0.3) is 0 Å². The number of nitrogens with one attached hydrogen (secondary N) is 1. The highest BCUT2D eigenvalue weighted by Crippen LogP contribution is 2.32. The van der Waals surface area contributed by atoms with Crippen molar-refractivity contribution in [1.29, 1.82) is 10.7 Å². The van der Waals surface area contributed by atoms with Gasteiger partial charge in [-0.2, -0.15) is 5.26 Å². The SMILES string of the molecule is CCO.CCOC(=N)c1cnc2c(c1)c(-c1ccoc1)cn2OOSc1ccccc1.CI.CI.N#Cc1cnc2c(c1)c(-c1ccoc1)cn2OOSc1ccccc1. The minimum atomic E-state index is 0.0691. The second-order valence-electron chi connectivity index (χ2n) is 11.2. The van der Waals surface area contributed by atoms with E-state index in [0.29, 0.717) is 29.0 Å². The van der Waals surface area contributed by atoms with Crippen LogP contribution in [0.1, 0.15) is 25.0 Å². The van der Waals surface area contributed by atoms with Gasteiger partial charge in [-0.05, 0) is 72.2 Å². The average Bonchev–Trinajstić information content (AvgIpc) is 4.14. The summed E-state index contributed by atoms with van der Waals surface area (Å²) >= 11 is 6.50. The highest BCUT2D eigenvalue weighted by atomic mass is 127. The Balaban J connectivity index is 0.000000232. The van der Waals surface area contributed by atoms with E-state index in [0.717, 1.165) is 66.9 Å². The normalized spacial score (nSPS) is 10.0. The van der Waals surface area contributed by atoms with Gasteiger partial charge in [-0.15, -0.1) is 9.46 Å². The fourth-order valence-electron chi connectivity index (χ4n) is 5.11. The molecule has 2 N–H and O–H groups in total. The average molecular weight is 1070 g/mol. The number of rotatable bonds is 12. The molecule has 18 heteroatoms. The first kappa shape index (κ1) is 47.7. The largest absolute Gasteiger partial charge is 0.478 e. The monoisotopic (exact) mass is 1070 g/mol. The molecule has 8 rings (SSSR count). The minimum absolute atomic E-state index is 0.0691.